The van der Waals surface area contributed by atoms with Crippen LogP contribution in [0, 0.1) is 0 Å². The van der Waals surface area contributed by atoms with Crippen molar-refractivity contribution >= 4 is 10.1 Å². The normalized spacial score (nSPS) is 20.9. The number of fused-ring (bicyclic) bond motifs is 1. The van der Waals surface area contributed by atoms with Crippen molar-refractivity contribution in [2.24, 2.45) is 0 Å². The van der Waals surface area contributed by atoms with Crippen LogP contribution in [0.25, 0.3) is 0 Å². The van der Waals surface area contributed by atoms with E-state index in [0.717, 1.165) is 5.56 Å². The van der Waals surface area contributed by atoms with E-state index in [9.17, 15) is 13.5 Å². The molecular formula is C9H10O4S. The number of aliphatic hydroxyl groups is 1. The third-order valence-electron chi connectivity index (χ3n) is 2.45. The van der Waals surface area contributed by atoms with E-state index in [0.29, 0.717) is 18.4 Å². The van der Waals surface area contributed by atoms with Gasteiger partial charge in [-0.3, -0.25) is 4.55 Å². The Morgan fingerprint density at radius 2 is 2.07 bits per heavy atom. The van der Waals surface area contributed by atoms with Crippen LogP contribution in [-0.2, 0) is 16.5 Å². The van der Waals surface area contributed by atoms with Crippen molar-refractivity contribution in [1.29, 1.82) is 0 Å². The number of rotatable bonds is 1. The fourth-order valence-corrected chi connectivity index (χ4v) is 2.64. The van der Waals surface area contributed by atoms with Gasteiger partial charge < -0.3 is 5.11 Å². The van der Waals surface area contributed by atoms with Gasteiger partial charge in [0, 0.05) is 5.56 Å². The van der Waals surface area contributed by atoms with Gasteiger partial charge in [-0.1, -0.05) is 12.1 Å². The molecule has 76 valence electrons. The minimum absolute atomic E-state index is 0.167. The van der Waals surface area contributed by atoms with Gasteiger partial charge in [0.15, 0.2) is 0 Å². The molecule has 1 aromatic rings. The highest BCUT2D eigenvalue weighted by atomic mass is 32.2. The first-order chi connectivity index (χ1) is 6.50. The minimum atomic E-state index is -4.22. The van der Waals surface area contributed by atoms with Crippen LogP contribution in [0.5, 0.6) is 0 Å². The quantitative estimate of drug-likeness (QED) is 0.681. The Labute approximate surface area is 81.9 Å². The molecule has 1 atom stereocenters. The van der Waals surface area contributed by atoms with Crippen LogP contribution in [0.4, 0.5) is 0 Å². The maximum Gasteiger partial charge on any atom is 0.294 e. The molecular weight excluding hydrogens is 204 g/mol. The minimum Gasteiger partial charge on any atom is -0.388 e. The highest BCUT2D eigenvalue weighted by molar-refractivity contribution is 7.85. The van der Waals surface area contributed by atoms with E-state index in [1.807, 2.05) is 0 Å². The number of benzene rings is 1. The first-order valence-electron chi connectivity index (χ1n) is 4.27. The Kier molecular flexibility index (Phi) is 2.10. The van der Waals surface area contributed by atoms with Crippen molar-refractivity contribution in [2.75, 3.05) is 0 Å². The lowest BCUT2D eigenvalue weighted by atomic mass is 10.1. The van der Waals surface area contributed by atoms with Crippen molar-refractivity contribution in [2.45, 2.75) is 23.8 Å². The van der Waals surface area contributed by atoms with Gasteiger partial charge in [-0.15, -0.1) is 0 Å². The molecule has 0 aromatic heterocycles. The molecule has 0 saturated heterocycles. The van der Waals surface area contributed by atoms with Gasteiger partial charge in [-0.25, -0.2) is 0 Å². The Bertz CT molecular complexity index is 464. The van der Waals surface area contributed by atoms with Crippen LogP contribution in [0.1, 0.15) is 23.7 Å². The second kappa shape index (κ2) is 3.05. The second-order valence-electron chi connectivity index (χ2n) is 3.36. The van der Waals surface area contributed by atoms with E-state index in [-0.39, 0.29) is 4.90 Å². The molecule has 2 N–H and O–H groups in total. The largest absolute Gasteiger partial charge is 0.388 e. The SMILES string of the molecule is O=S(=O)(O)c1cccc2c1C(O)CC2. The van der Waals surface area contributed by atoms with Crippen LogP contribution in [0.15, 0.2) is 23.1 Å². The molecule has 0 bridgehead atoms. The summed E-state index contributed by atoms with van der Waals surface area (Å²) in [5, 5.41) is 9.55. The molecule has 1 aliphatic carbocycles. The van der Waals surface area contributed by atoms with Crippen LogP contribution < -0.4 is 0 Å². The molecule has 1 unspecified atom stereocenters. The van der Waals surface area contributed by atoms with Gasteiger partial charge in [0.05, 0.1) is 11.0 Å². The highest BCUT2D eigenvalue weighted by Crippen LogP contribution is 2.35. The molecule has 1 aromatic carbocycles. The zero-order chi connectivity index (χ0) is 10.3. The van der Waals surface area contributed by atoms with Gasteiger partial charge in [-0.2, -0.15) is 8.42 Å². The van der Waals surface area contributed by atoms with Gasteiger partial charge in [0.1, 0.15) is 0 Å². The highest BCUT2D eigenvalue weighted by Gasteiger charge is 2.27. The van der Waals surface area contributed by atoms with E-state index in [1.54, 1.807) is 12.1 Å². The van der Waals surface area contributed by atoms with E-state index < -0.39 is 16.2 Å². The van der Waals surface area contributed by atoms with Crippen molar-refractivity contribution in [3.63, 3.8) is 0 Å². The summed E-state index contributed by atoms with van der Waals surface area (Å²) in [6, 6.07) is 4.64. The van der Waals surface area contributed by atoms with Crippen LogP contribution in [0.3, 0.4) is 0 Å². The summed E-state index contributed by atoms with van der Waals surface area (Å²) in [5.74, 6) is 0. The summed E-state index contributed by atoms with van der Waals surface area (Å²) >= 11 is 0. The van der Waals surface area contributed by atoms with E-state index in [1.165, 1.54) is 6.07 Å². The van der Waals surface area contributed by atoms with E-state index in [2.05, 4.69) is 0 Å². The van der Waals surface area contributed by atoms with Gasteiger partial charge in [-0.05, 0) is 24.5 Å². The van der Waals surface area contributed by atoms with E-state index in [4.69, 9.17) is 4.55 Å². The third-order valence-corrected chi connectivity index (χ3v) is 3.37. The van der Waals surface area contributed by atoms with Crippen LogP contribution in [0.2, 0.25) is 0 Å². The molecule has 0 heterocycles. The summed E-state index contributed by atoms with van der Waals surface area (Å²) in [6.45, 7) is 0. The molecule has 0 fully saturated rings. The van der Waals surface area contributed by atoms with E-state index >= 15 is 0 Å². The Hall–Kier alpha value is -0.910. The molecule has 14 heavy (non-hydrogen) atoms. The maximum absolute atomic E-state index is 11.0. The lowest BCUT2D eigenvalue weighted by Crippen LogP contribution is -2.05. The second-order valence-corrected chi connectivity index (χ2v) is 4.75. The number of aliphatic hydroxyl groups excluding tert-OH is 1. The van der Waals surface area contributed by atoms with Crippen molar-refractivity contribution in [3.8, 4) is 0 Å². The van der Waals surface area contributed by atoms with Crippen molar-refractivity contribution < 1.29 is 18.1 Å². The molecule has 4 nitrogen and oxygen atoms in total. The van der Waals surface area contributed by atoms with Gasteiger partial charge in [0.25, 0.3) is 10.1 Å². The zero-order valence-electron chi connectivity index (χ0n) is 7.34. The van der Waals surface area contributed by atoms with Gasteiger partial charge >= 0.3 is 0 Å². The average molecular weight is 214 g/mol. The topological polar surface area (TPSA) is 74.6 Å². The first kappa shape index (κ1) is 9.64. The summed E-state index contributed by atoms with van der Waals surface area (Å²) in [4.78, 5) is -0.167. The zero-order valence-corrected chi connectivity index (χ0v) is 8.16. The summed E-state index contributed by atoms with van der Waals surface area (Å²) in [5.41, 5.74) is 1.16. The maximum atomic E-state index is 11.0. The fourth-order valence-electron chi connectivity index (χ4n) is 1.85. The van der Waals surface area contributed by atoms with Crippen LogP contribution >= 0.6 is 0 Å². The lowest BCUT2D eigenvalue weighted by Gasteiger charge is -2.08. The average Bonchev–Trinajstić information content (AvgIpc) is 2.46. The Morgan fingerprint density at radius 1 is 1.36 bits per heavy atom. The third kappa shape index (κ3) is 1.43. The fraction of sp³-hybridized carbons (Fsp3) is 0.333. The molecule has 2 rings (SSSR count). The van der Waals surface area contributed by atoms with Gasteiger partial charge in [0.2, 0.25) is 0 Å². The monoisotopic (exact) mass is 214 g/mol. The first-order valence-corrected chi connectivity index (χ1v) is 5.71. The molecule has 5 heteroatoms. The summed E-state index contributed by atoms with van der Waals surface area (Å²) in [6.07, 6.45) is 0.393. The lowest BCUT2D eigenvalue weighted by molar-refractivity contribution is 0.177. The smallest absolute Gasteiger partial charge is 0.294 e. The summed E-state index contributed by atoms with van der Waals surface area (Å²) < 4.78 is 30.9. The number of hydrogen-bond acceptors (Lipinski definition) is 3. The molecule has 1 aliphatic rings. The molecule has 0 aliphatic heterocycles. The Balaban J connectivity index is 2.70. The number of aryl methyl sites for hydroxylation is 1. The molecule has 0 spiro atoms. The van der Waals surface area contributed by atoms with Crippen molar-refractivity contribution in [1.82, 2.24) is 0 Å². The summed E-state index contributed by atoms with van der Waals surface area (Å²) in [7, 11) is -4.22. The standard InChI is InChI=1S/C9H10O4S/c10-7-5-4-6-2-1-3-8(9(6)7)14(11,12)13/h1-3,7,10H,4-5H2,(H,11,12,13). The molecule has 0 amide bonds. The predicted octanol–water partition coefficient (Wildman–Crippen LogP) is 0.913. The molecule has 0 radical (unpaired) electrons. The predicted molar refractivity (Wildman–Crippen MR) is 49.5 cm³/mol. The van der Waals surface area contributed by atoms with Crippen LogP contribution in [-0.4, -0.2) is 18.1 Å². The Morgan fingerprint density at radius 3 is 2.71 bits per heavy atom. The van der Waals surface area contributed by atoms with Crippen molar-refractivity contribution in [3.05, 3.63) is 29.3 Å². The number of hydrogen-bond donors (Lipinski definition) is 2. The molecule has 0 saturated carbocycles.